The maximum absolute atomic E-state index is 10.7. The molecule has 1 fully saturated rings. The number of aliphatic hydroxyl groups excluding tert-OH is 1. The molecule has 5 nitrogen and oxygen atoms in total. The predicted octanol–water partition coefficient (Wildman–Crippen LogP) is 4.07. The van der Waals surface area contributed by atoms with E-state index in [0.29, 0.717) is 6.42 Å². The third-order valence-electron chi connectivity index (χ3n) is 4.74. The summed E-state index contributed by atoms with van der Waals surface area (Å²) in [5.74, 6) is 1.56. The van der Waals surface area contributed by atoms with Gasteiger partial charge in [0.2, 0.25) is 5.39 Å². The smallest absolute Gasteiger partial charge is 0.341 e. The molecule has 0 amide bonds. The lowest BCUT2D eigenvalue weighted by Crippen LogP contribution is -2.49. The maximum Gasteiger partial charge on any atom is 0.341 e. The fourth-order valence-electron chi connectivity index (χ4n) is 3.63. The Morgan fingerprint density at radius 3 is 2.22 bits per heavy atom. The second-order valence-electron chi connectivity index (χ2n) is 6.08. The van der Waals surface area contributed by atoms with Gasteiger partial charge in [0.15, 0.2) is 17.6 Å². The van der Waals surface area contributed by atoms with Gasteiger partial charge in [-0.25, -0.2) is 0 Å². The molecule has 1 aliphatic heterocycles. The maximum atomic E-state index is 10.7. The van der Waals surface area contributed by atoms with Crippen molar-refractivity contribution in [1.29, 1.82) is 5.39 Å². The Bertz CT molecular complexity index is 725. The summed E-state index contributed by atoms with van der Waals surface area (Å²) in [6.45, 7) is 0. The second kappa shape index (κ2) is 5.56. The fraction of sp³-hybridized carbons (Fsp3) is 0.333. The van der Waals surface area contributed by atoms with E-state index in [0.717, 1.165) is 35.7 Å². The molecular formula is C18H18N3O2+. The van der Waals surface area contributed by atoms with Gasteiger partial charge in [0.1, 0.15) is 4.98 Å². The SMILES string of the molecule is N#[N+]C1CCC[C@@H](N2c3ccccc3Oc3ccccc32)[C@@H]1O. The molecule has 2 aromatic rings. The van der Waals surface area contributed by atoms with Gasteiger partial charge in [0.05, 0.1) is 17.4 Å². The highest BCUT2D eigenvalue weighted by Crippen LogP contribution is 2.49. The Morgan fingerprint density at radius 1 is 1.00 bits per heavy atom. The summed E-state index contributed by atoms with van der Waals surface area (Å²) >= 11 is 0. The van der Waals surface area contributed by atoms with Gasteiger partial charge in [0, 0.05) is 6.42 Å². The first-order valence-corrected chi connectivity index (χ1v) is 7.97. The molecule has 0 spiro atoms. The number of ether oxygens (including phenoxy) is 1. The molecule has 1 N–H and O–H groups in total. The first kappa shape index (κ1) is 14.0. The van der Waals surface area contributed by atoms with Crippen LogP contribution in [-0.2, 0) is 0 Å². The molecular weight excluding hydrogens is 290 g/mol. The Hall–Kier alpha value is -2.58. The van der Waals surface area contributed by atoms with Gasteiger partial charge < -0.3 is 14.7 Å². The van der Waals surface area contributed by atoms with Crippen molar-refractivity contribution in [2.24, 2.45) is 0 Å². The van der Waals surface area contributed by atoms with E-state index in [9.17, 15) is 10.5 Å². The van der Waals surface area contributed by atoms with Crippen LogP contribution in [0.1, 0.15) is 19.3 Å². The molecule has 0 aromatic heterocycles. The first-order valence-electron chi connectivity index (χ1n) is 7.97. The minimum atomic E-state index is -0.715. The van der Waals surface area contributed by atoms with E-state index >= 15 is 0 Å². The van der Waals surface area contributed by atoms with Crippen LogP contribution in [0.4, 0.5) is 11.4 Å². The van der Waals surface area contributed by atoms with Crippen LogP contribution in [0.2, 0.25) is 0 Å². The third kappa shape index (κ3) is 2.23. The summed E-state index contributed by atoms with van der Waals surface area (Å²) in [6.07, 6.45) is 1.75. The lowest BCUT2D eigenvalue weighted by atomic mass is 9.86. The quantitative estimate of drug-likeness (QED) is 0.807. The zero-order valence-corrected chi connectivity index (χ0v) is 12.7. The number of hydrogen-bond donors (Lipinski definition) is 1. The van der Waals surface area contributed by atoms with Crippen molar-refractivity contribution in [3.8, 4) is 11.5 Å². The van der Waals surface area contributed by atoms with Gasteiger partial charge in [-0.1, -0.05) is 24.3 Å². The molecule has 23 heavy (non-hydrogen) atoms. The van der Waals surface area contributed by atoms with Gasteiger partial charge in [-0.2, -0.15) is 0 Å². The van der Waals surface area contributed by atoms with E-state index in [1.807, 2.05) is 48.5 Å². The molecule has 0 radical (unpaired) electrons. The number of nitrogens with zero attached hydrogens (tertiary/aromatic N) is 3. The number of benzene rings is 2. The largest absolute Gasteiger partial charge is 0.453 e. The van der Waals surface area contributed by atoms with E-state index in [4.69, 9.17) is 4.74 Å². The molecule has 1 saturated carbocycles. The van der Waals surface area contributed by atoms with Crippen molar-refractivity contribution in [2.75, 3.05) is 4.90 Å². The minimum Gasteiger partial charge on any atom is -0.453 e. The van der Waals surface area contributed by atoms with Crippen LogP contribution in [0.25, 0.3) is 4.98 Å². The van der Waals surface area contributed by atoms with Crippen molar-refractivity contribution < 1.29 is 9.84 Å². The molecule has 1 heterocycles. The van der Waals surface area contributed by atoms with Crippen LogP contribution in [0.5, 0.6) is 11.5 Å². The Kier molecular flexibility index (Phi) is 3.40. The molecule has 5 heteroatoms. The van der Waals surface area contributed by atoms with Crippen LogP contribution in [0, 0.1) is 5.39 Å². The van der Waals surface area contributed by atoms with Crippen molar-refractivity contribution in [1.82, 2.24) is 0 Å². The van der Waals surface area contributed by atoms with Crippen LogP contribution in [-0.4, -0.2) is 23.3 Å². The van der Waals surface area contributed by atoms with Crippen molar-refractivity contribution in [2.45, 2.75) is 37.5 Å². The summed E-state index contributed by atoms with van der Waals surface area (Å²) in [7, 11) is 0. The summed E-state index contributed by atoms with van der Waals surface area (Å²) in [5.41, 5.74) is 1.88. The monoisotopic (exact) mass is 308 g/mol. The highest BCUT2D eigenvalue weighted by Gasteiger charge is 2.45. The average Bonchev–Trinajstić information content (AvgIpc) is 2.60. The third-order valence-corrected chi connectivity index (χ3v) is 4.74. The molecule has 2 aromatic carbocycles. The zero-order valence-electron chi connectivity index (χ0n) is 12.7. The van der Waals surface area contributed by atoms with Crippen molar-refractivity contribution in [3.05, 3.63) is 53.5 Å². The Balaban J connectivity index is 1.83. The second-order valence-corrected chi connectivity index (χ2v) is 6.08. The van der Waals surface area contributed by atoms with Gasteiger partial charge in [-0.3, -0.25) is 0 Å². The number of para-hydroxylation sites is 4. The minimum absolute atomic E-state index is 0.143. The van der Waals surface area contributed by atoms with Crippen LogP contribution >= 0.6 is 0 Å². The molecule has 1 unspecified atom stereocenters. The summed E-state index contributed by atoms with van der Waals surface area (Å²) in [5, 5.41) is 19.9. The van der Waals surface area contributed by atoms with Gasteiger partial charge in [0.25, 0.3) is 0 Å². The average molecular weight is 308 g/mol. The van der Waals surface area contributed by atoms with Crippen LogP contribution in [0.3, 0.4) is 0 Å². The van der Waals surface area contributed by atoms with E-state index in [1.165, 1.54) is 0 Å². The van der Waals surface area contributed by atoms with E-state index in [-0.39, 0.29) is 6.04 Å². The van der Waals surface area contributed by atoms with Crippen LogP contribution < -0.4 is 9.64 Å². The van der Waals surface area contributed by atoms with E-state index < -0.39 is 12.1 Å². The van der Waals surface area contributed by atoms with Gasteiger partial charge in [-0.15, -0.1) is 0 Å². The first-order chi connectivity index (χ1) is 11.3. The normalized spacial score (nSPS) is 25.7. The molecule has 0 bridgehead atoms. The van der Waals surface area contributed by atoms with E-state index in [2.05, 4.69) is 9.88 Å². The lowest BCUT2D eigenvalue weighted by Gasteiger charge is -2.41. The molecule has 3 atom stereocenters. The molecule has 116 valence electrons. The zero-order chi connectivity index (χ0) is 15.8. The number of anilines is 2. The Labute approximate surface area is 134 Å². The highest BCUT2D eigenvalue weighted by atomic mass is 16.5. The molecule has 4 rings (SSSR count). The van der Waals surface area contributed by atoms with Crippen molar-refractivity contribution >= 4 is 11.4 Å². The lowest BCUT2D eigenvalue weighted by molar-refractivity contribution is 0.0994. The summed E-state index contributed by atoms with van der Waals surface area (Å²) in [6, 6.07) is 15.1. The van der Waals surface area contributed by atoms with Gasteiger partial charge in [-0.05, 0) is 37.1 Å². The van der Waals surface area contributed by atoms with Crippen LogP contribution in [0.15, 0.2) is 48.5 Å². The van der Waals surface area contributed by atoms with E-state index in [1.54, 1.807) is 0 Å². The fourth-order valence-corrected chi connectivity index (χ4v) is 3.63. The topological polar surface area (TPSA) is 60.9 Å². The predicted molar refractivity (Wildman–Crippen MR) is 87.6 cm³/mol. The summed E-state index contributed by atoms with van der Waals surface area (Å²) in [4.78, 5) is 5.51. The van der Waals surface area contributed by atoms with Gasteiger partial charge >= 0.3 is 6.04 Å². The highest BCUT2D eigenvalue weighted by molar-refractivity contribution is 5.78. The number of aliphatic hydroxyl groups is 1. The van der Waals surface area contributed by atoms with Crippen molar-refractivity contribution in [3.63, 3.8) is 0 Å². The number of hydrogen-bond acceptors (Lipinski definition) is 4. The molecule has 2 aliphatic rings. The number of diazo groups is 1. The summed E-state index contributed by atoms with van der Waals surface area (Å²) < 4.78 is 5.99. The standard InChI is InChI=1S/C18H18N3O2/c19-20-12-6-5-9-15(18(12)22)21-13-7-1-3-10-16(13)23-17-11-4-2-8-14(17)21/h1-4,7-8,10-12,15,18,22H,5-6,9H2/q+1/t12?,15-,18-/m1/s1. The number of rotatable bonds is 1. The number of fused-ring (bicyclic) bond motifs is 2. The molecule has 0 saturated heterocycles. The molecule has 1 aliphatic carbocycles. The Morgan fingerprint density at radius 2 is 1.61 bits per heavy atom.